The minimum absolute atomic E-state index is 0.457. The molecule has 1 heterocycles. The van der Waals surface area contributed by atoms with Crippen molar-refractivity contribution in [3.05, 3.63) is 22.4 Å². The first-order valence-corrected chi connectivity index (χ1v) is 6.80. The molecular weight excluding hydrogens is 280 g/mol. The van der Waals surface area contributed by atoms with Gasteiger partial charge < -0.3 is 0 Å². The summed E-state index contributed by atoms with van der Waals surface area (Å²) in [5.41, 5.74) is 1.38. The highest BCUT2D eigenvalue weighted by molar-refractivity contribution is 9.10. The lowest BCUT2D eigenvalue weighted by Gasteiger charge is -2.10. The van der Waals surface area contributed by atoms with E-state index in [1.54, 1.807) is 19.9 Å². The van der Waals surface area contributed by atoms with Gasteiger partial charge in [-0.3, -0.25) is 4.72 Å². The van der Waals surface area contributed by atoms with Crippen LogP contribution >= 0.6 is 15.9 Å². The van der Waals surface area contributed by atoms with Crippen molar-refractivity contribution in [2.45, 2.75) is 26.0 Å². The second-order valence-electron chi connectivity index (χ2n) is 3.53. The van der Waals surface area contributed by atoms with Crippen LogP contribution in [0.2, 0.25) is 0 Å². The number of halogens is 1. The molecule has 1 aromatic rings. The van der Waals surface area contributed by atoms with E-state index < -0.39 is 15.3 Å². The number of nitrogens with zero attached hydrogens (tertiary/aromatic N) is 1. The fourth-order valence-corrected chi connectivity index (χ4v) is 1.79. The highest BCUT2D eigenvalue weighted by Gasteiger charge is 2.15. The number of nitrogens with one attached hydrogen (secondary N) is 1. The van der Waals surface area contributed by atoms with Crippen molar-refractivity contribution in [3.63, 3.8) is 0 Å². The Morgan fingerprint density at radius 1 is 1.47 bits per heavy atom. The number of sulfonamides is 1. The number of rotatable bonds is 3. The molecule has 0 aromatic carbocycles. The van der Waals surface area contributed by atoms with Crippen molar-refractivity contribution in [3.8, 4) is 0 Å². The SMILES string of the molecule is Cc1cc(NS(=O)(=O)C(C)C)cnc1Br. The Labute approximate surface area is 98.3 Å². The minimum Gasteiger partial charge on any atom is -0.282 e. The van der Waals surface area contributed by atoms with Crippen LogP contribution in [0, 0.1) is 6.92 Å². The maximum atomic E-state index is 11.5. The fraction of sp³-hybridized carbons (Fsp3) is 0.444. The zero-order valence-electron chi connectivity index (χ0n) is 8.78. The summed E-state index contributed by atoms with van der Waals surface area (Å²) >= 11 is 3.25. The standard InChI is InChI=1S/C9H13BrN2O2S/c1-6(2)15(13,14)12-8-4-7(3)9(10)11-5-8/h4-6,12H,1-3H3. The molecule has 0 fully saturated rings. The lowest BCUT2D eigenvalue weighted by Crippen LogP contribution is -2.22. The number of pyridine rings is 1. The van der Waals surface area contributed by atoms with Gasteiger partial charge in [0.15, 0.2) is 0 Å². The zero-order valence-corrected chi connectivity index (χ0v) is 11.2. The second-order valence-corrected chi connectivity index (χ2v) is 6.52. The van der Waals surface area contributed by atoms with Crippen LogP contribution in [0.15, 0.2) is 16.9 Å². The van der Waals surface area contributed by atoms with Gasteiger partial charge >= 0.3 is 0 Å². The number of anilines is 1. The number of hydrogen-bond donors (Lipinski definition) is 1. The number of hydrogen-bond acceptors (Lipinski definition) is 3. The minimum atomic E-state index is -3.29. The molecule has 0 spiro atoms. The first-order chi connectivity index (χ1) is 6.83. The zero-order chi connectivity index (χ0) is 11.6. The Morgan fingerprint density at radius 2 is 2.07 bits per heavy atom. The molecule has 0 aliphatic heterocycles. The van der Waals surface area contributed by atoms with Crippen molar-refractivity contribution in [1.82, 2.24) is 4.98 Å². The normalized spacial score (nSPS) is 11.8. The van der Waals surface area contributed by atoms with Gasteiger partial charge in [0, 0.05) is 0 Å². The van der Waals surface area contributed by atoms with E-state index >= 15 is 0 Å². The Hall–Kier alpha value is -0.620. The van der Waals surface area contributed by atoms with Crippen LogP contribution in [-0.2, 0) is 10.0 Å². The number of aromatic nitrogens is 1. The van der Waals surface area contributed by atoms with Crippen molar-refractivity contribution >= 4 is 31.6 Å². The molecule has 4 nitrogen and oxygen atoms in total. The average Bonchev–Trinajstić information content (AvgIpc) is 2.10. The average molecular weight is 293 g/mol. The monoisotopic (exact) mass is 292 g/mol. The predicted molar refractivity (Wildman–Crippen MR) is 64.4 cm³/mol. The highest BCUT2D eigenvalue weighted by Crippen LogP contribution is 2.18. The molecule has 0 saturated heterocycles. The summed E-state index contributed by atoms with van der Waals surface area (Å²) in [6.07, 6.45) is 1.48. The van der Waals surface area contributed by atoms with E-state index in [0.717, 1.165) is 10.2 Å². The molecule has 6 heteroatoms. The largest absolute Gasteiger partial charge is 0.282 e. The first kappa shape index (κ1) is 12.4. The molecule has 1 aromatic heterocycles. The summed E-state index contributed by atoms with van der Waals surface area (Å²) < 4.78 is 26.3. The van der Waals surface area contributed by atoms with Crippen molar-refractivity contribution < 1.29 is 8.42 Å². The van der Waals surface area contributed by atoms with Crippen LogP contribution in [0.25, 0.3) is 0 Å². The first-order valence-electron chi connectivity index (χ1n) is 4.46. The predicted octanol–water partition coefficient (Wildman–Crippen LogP) is 2.30. The van der Waals surface area contributed by atoms with Crippen molar-refractivity contribution in [1.29, 1.82) is 0 Å². The summed E-state index contributed by atoms with van der Waals surface area (Å²) in [6.45, 7) is 5.10. The highest BCUT2D eigenvalue weighted by atomic mass is 79.9. The Morgan fingerprint density at radius 3 is 2.53 bits per heavy atom. The lowest BCUT2D eigenvalue weighted by molar-refractivity contribution is 0.592. The fourth-order valence-electron chi connectivity index (χ4n) is 0.896. The van der Waals surface area contributed by atoms with Gasteiger partial charge in [0.05, 0.1) is 17.1 Å². The van der Waals surface area contributed by atoms with E-state index in [1.165, 1.54) is 6.20 Å². The van der Waals surface area contributed by atoms with Gasteiger partial charge in [-0.25, -0.2) is 13.4 Å². The Bertz CT molecular complexity index is 457. The van der Waals surface area contributed by atoms with E-state index in [-0.39, 0.29) is 0 Å². The van der Waals surface area contributed by atoms with Gasteiger partial charge in [-0.15, -0.1) is 0 Å². The quantitative estimate of drug-likeness (QED) is 0.870. The van der Waals surface area contributed by atoms with E-state index in [9.17, 15) is 8.42 Å². The molecule has 1 rings (SSSR count). The van der Waals surface area contributed by atoms with Crippen LogP contribution in [-0.4, -0.2) is 18.7 Å². The molecule has 84 valence electrons. The van der Waals surface area contributed by atoms with Crippen LogP contribution in [0.5, 0.6) is 0 Å². The molecule has 0 atom stereocenters. The number of aryl methyl sites for hydroxylation is 1. The third-order valence-electron chi connectivity index (χ3n) is 1.90. The Balaban J connectivity index is 2.96. The molecule has 0 aliphatic carbocycles. The van der Waals surface area contributed by atoms with Crippen LogP contribution < -0.4 is 4.72 Å². The molecule has 0 amide bonds. The molecular formula is C9H13BrN2O2S. The molecule has 0 unspecified atom stereocenters. The third-order valence-corrected chi connectivity index (χ3v) is 4.49. The van der Waals surface area contributed by atoms with E-state index in [1.807, 2.05) is 6.92 Å². The van der Waals surface area contributed by atoms with Gasteiger partial charge in [0.2, 0.25) is 10.0 Å². The van der Waals surface area contributed by atoms with Gasteiger partial charge in [0.25, 0.3) is 0 Å². The van der Waals surface area contributed by atoms with Gasteiger partial charge in [0.1, 0.15) is 4.60 Å². The van der Waals surface area contributed by atoms with Crippen LogP contribution in [0.3, 0.4) is 0 Å². The molecule has 15 heavy (non-hydrogen) atoms. The van der Waals surface area contributed by atoms with Crippen LogP contribution in [0.1, 0.15) is 19.4 Å². The van der Waals surface area contributed by atoms with E-state index in [4.69, 9.17) is 0 Å². The smallest absolute Gasteiger partial charge is 0.235 e. The molecule has 0 aliphatic rings. The molecule has 0 radical (unpaired) electrons. The van der Waals surface area contributed by atoms with E-state index in [0.29, 0.717) is 5.69 Å². The van der Waals surface area contributed by atoms with Gasteiger partial charge in [-0.1, -0.05) is 0 Å². The van der Waals surface area contributed by atoms with Gasteiger partial charge in [-0.2, -0.15) is 0 Å². The molecule has 0 saturated carbocycles. The summed E-state index contributed by atoms with van der Waals surface area (Å²) in [7, 11) is -3.29. The van der Waals surface area contributed by atoms with Crippen molar-refractivity contribution in [2.75, 3.05) is 4.72 Å². The Kier molecular flexibility index (Phi) is 3.72. The van der Waals surface area contributed by atoms with E-state index in [2.05, 4.69) is 25.6 Å². The van der Waals surface area contributed by atoms with Crippen LogP contribution in [0.4, 0.5) is 5.69 Å². The summed E-state index contributed by atoms with van der Waals surface area (Å²) in [6, 6.07) is 1.73. The van der Waals surface area contributed by atoms with Crippen molar-refractivity contribution in [2.24, 2.45) is 0 Å². The van der Waals surface area contributed by atoms with Gasteiger partial charge in [-0.05, 0) is 48.3 Å². The maximum absolute atomic E-state index is 11.5. The second kappa shape index (κ2) is 4.49. The molecule has 0 bridgehead atoms. The lowest BCUT2D eigenvalue weighted by atomic mass is 10.3. The summed E-state index contributed by atoms with van der Waals surface area (Å²) in [5, 5.41) is -0.457. The summed E-state index contributed by atoms with van der Waals surface area (Å²) in [4.78, 5) is 4.01. The topological polar surface area (TPSA) is 59.1 Å². The third kappa shape index (κ3) is 3.17. The molecule has 1 N–H and O–H groups in total. The summed E-state index contributed by atoms with van der Waals surface area (Å²) in [5.74, 6) is 0. The maximum Gasteiger partial charge on any atom is 0.235 e.